The Morgan fingerprint density at radius 1 is 1.38 bits per heavy atom. The zero-order chi connectivity index (χ0) is 12.1. The molecule has 1 aromatic carbocycles. The molecule has 0 saturated carbocycles. The van der Waals surface area contributed by atoms with Crippen molar-refractivity contribution in [2.75, 3.05) is 12.3 Å². The van der Waals surface area contributed by atoms with Crippen LogP contribution in [0, 0.1) is 5.92 Å². The summed E-state index contributed by atoms with van der Waals surface area (Å²) in [6.07, 6.45) is 0. The molecule has 0 fully saturated rings. The van der Waals surface area contributed by atoms with Crippen LogP contribution in [0.3, 0.4) is 0 Å². The van der Waals surface area contributed by atoms with Crippen molar-refractivity contribution < 1.29 is 9.90 Å². The van der Waals surface area contributed by atoms with Gasteiger partial charge in [-0.2, -0.15) is 0 Å². The number of nitrogens with two attached hydrogens (primary N) is 1. The fourth-order valence-electron chi connectivity index (χ4n) is 1.31. The number of hydrogen-bond donors (Lipinski definition) is 3. The standard InChI is InChI=1S/C12H18N2O2/c1-8(2)11(7-15)14-12(16)9-3-5-10(13)6-4-9/h3-6,8,11,15H,7,13H2,1-2H3,(H,14,16). The Morgan fingerprint density at radius 2 is 1.94 bits per heavy atom. The van der Waals surface area contributed by atoms with E-state index in [2.05, 4.69) is 5.32 Å². The summed E-state index contributed by atoms with van der Waals surface area (Å²) in [7, 11) is 0. The van der Waals surface area contributed by atoms with E-state index in [1.54, 1.807) is 24.3 Å². The summed E-state index contributed by atoms with van der Waals surface area (Å²) in [5.74, 6) is 0.00971. The number of amides is 1. The lowest BCUT2D eigenvalue weighted by molar-refractivity contribution is 0.0897. The molecule has 88 valence electrons. The van der Waals surface area contributed by atoms with E-state index in [0.717, 1.165) is 0 Å². The van der Waals surface area contributed by atoms with Crippen LogP contribution < -0.4 is 11.1 Å². The summed E-state index contributed by atoms with van der Waals surface area (Å²) in [6.45, 7) is 3.84. The average molecular weight is 222 g/mol. The summed E-state index contributed by atoms with van der Waals surface area (Å²) in [6, 6.07) is 6.47. The van der Waals surface area contributed by atoms with Gasteiger partial charge >= 0.3 is 0 Å². The maximum absolute atomic E-state index is 11.8. The molecule has 1 amide bonds. The van der Waals surface area contributed by atoms with Gasteiger partial charge in [-0.1, -0.05) is 13.8 Å². The smallest absolute Gasteiger partial charge is 0.251 e. The molecule has 1 aromatic rings. The highest BCUT2D eigenvalue weighted by atomic mass is 16.3. The van der Waals surface area contributed by atoms with Crippen LogP contribution >= 0.6 is 0 Å². The van der Waals surface area contributed by atoms with Gasteiger partial charge in [0, 0.05) is 11.3 Å². The molecule has 0 aliphatic rings. The number of anilines is 1. The molecule has 0 heterocycles. The molecule has 0 aliphatic heterocycles. The summed E-state index contributed by atoms with van der Waals surface area (Å²) in [5, 5.41) is 11.9. The molecule has 16 heavy (non-hydrogen) atoms. The number of aliphatic hydroxyl groups is 1. The lowest BCUT2D eigenvalue weighted by atomic mass is 10.0. The summed E-state index contributed by atoms with van der Waals surface area (Å²) < 4.78 is 0. The summed E-state index contributed by atoms with van der Waals surface area (Å²) in [4.78, 5) is 11.8. The van der Waals surface area contributed by atoms with Crippen LogP contribution in [0.15, 0.2) is 24.3 Å². The van der Waals surface area contributed by atoms with Crippen molar-refractivity contribution in [2.24, 2.45) is 5.92 Å². The summed E-state index contributed by atoms with van der Waals surface area (Å²) >= 11 is 0. The maximum atomic E-state index is 11.8. The molecule has 0 aromatic heterocycles. The third-order valence-electron chi connectivity index (χ3n) is 2.49. The van der Waals surface area contributed by atoms with E-state index in [1.807, 2.05) is 13.8 Å². The first-order valence-electron chi connectivity index (χ1n) is 5.32. The Kier molecular flexibility index (Phi) is 4.31. The molecule has 0 spiro atoms. The van der Waals surface area contributed by atoms with Gasteiger partial charge in [-0.25, -0.2) is 0 Å². The first-order chi connectivity index (χ1) is 7.54. The van der Waals surface area contributed by atoms with E-state index in [0.29, 0.717) is 11.3 Å². The number of hydrogen-bond acceptors (Lipinski definition) is 3. The highest BCUT2D eigenvalue weighted by Crippen LogP contribution is 2.07. The zero-order valence-corrected chi connectivity index (χ0v) is 9.60. The number of benzene rings is 1. The number of carbonyl (C=O) groups excluding carboxylic acids is 1. The predicted molar refractivity (Wildman–Crippen MR) is 64.0 cm³/mol. The van der Waals surface area contributed by atoms with Gasteiger partial charge in [0.2, 0.25) is 0 Å². The topological polar surface area (TPSA) is 75.3 Å². The highest BCUT2D eigenvalue weighted by Gasteiger charge is 2.15. The van der Waals surface area contributed by atoms with Crippen molar-refractivity contribution in [1.82, 2.24) is 5.32 Å². The minimum absolute atomic E-state index is 0.0572. The second-order valence-electron chi connectivity index (χ2n) is 4.13. The Bertz CT molecular complexity index is 347. The van der Waals surface area contributed by atoms with Crippen molar-refractivity contribution in [3.63, 3.8) is 0 Å². The van der Waals surface area contributed by atoms with E-state index in [9.17, 15) is 4.79 Å². The van der Waals surface area contributed by atoms with E-state index in [4.69, 9.17) is 10.8 Å². The minimum Gasteiger partial charge on any atom is -0.399 e. The number of nitrogens with one attached hydrogen (secondary N) is 1. The van der Waals surface area contributed by atoms with E-state index >= 15 is 0 Å². The van der Waals surface area contributed by atoms with Gasteiger partial charge < -0.3 is 16.2 Å². The Labute approximate surface area is 95.5 Å². The van der Waals surface area contributed by atoms with Crippen LogP contribution in [0.4, 0.5) is 5.69 Å². The average Bonchev–Trinajstić information content (AvgIpc) is 2.26. The minimum atomic E-state index is -0.218. The summed E-state index contributed by atoms with van der Waals surface area (Å²) in [5.41, 5.74) is 6.70. The Morgan fingerprint density at radius 3 is 2.38 bits per heavy atom. The van der Waals surface area contributed by atoms with Crippen molar-refractivity contribution >= 4 is 11.6 Å². The molecule has 4 heteroatoms. The monoisotopic (exact) mass is 222 g/mol. The number of rotatable bonds is 4. The van der Waals surface area contributed by atoms with Crippen LogP contribution in [0.2, 0.25) is 0 Å². The molecular weight excluding hydrogens is 204 g/mol. The largest absolute Gasteiger partial charge is 0.399 e. The third-order valence-corrected chi connectivity index (χ3v) is 2.49. The van der Waals surface area contributed by atoms with Gasteiger partial charge in [0.25, 0.3) is 5.91 Å². The van der Waals surface area contributed by atoms with Crippen LogP contribution in [-0.4, -0.2) is 23.7 Å². The van der Waals surface area contributed by atoms with Crippen molar-refractivity contribution in [3.05, 3.63) is 29.8 Å². The van der Waals surface area contributed by atoms with E-state index < -0.39 is 0 Å². The van der Waals surface area contributed by atoms with Gasteiger partial charge in [0.1, 0.15) is 0 Å². The quantitative estimate of drug-likeness (QED) is 0.666. The molecule has 1 rings (SSSR count). The Hall–Kier alpha value is -1.55. The maximum Gasteiger partial charge on any atom is 0.251 e. The number of aliphatic hydroxyl groups excluding tert-OH is 1. The number of nitrogen functional groups attached to an aromatic ring is 1. The van der Waals surface area contributed by atoms with Gasteiger partial charge in [-0.15, -0.1) is 0 Å². The molecule has 0 aliphatic carbocycles. The van der Waals surface area contributed by atoms with Gasteiger partial charge in [-0.3, -0.25) is 4.79 Å². The normalized spacial score (nSPS) is 12.5. The molecule has 1 unspecified atom stereocenters. The van der Waals surface area contributed by atoms with Crippen molar-refractivity contribution in [1.29, 1.82) is 0 Å². The van der Waals surface area contributed by atoms with Crippen LogP contribution in [0.5, 0.6) is 0 Å². The fourth-order valence-corrected chi connectivity index (χ4v) is 1.31. The zero-order valence-electron chi connectivity index (χ0n) is 9.60. The fraction of sp³-hybridized carbons (Fsp3) is 0.417. The molecular formula is C12H18N2O2. The first-order valence-corrected chi connectivity index (χ1v) is 5.32. The van der Waals surface area contributed by atoms with Crippen LogP contribution in [0.1, 0.15) is 24.2 Å². The SMILES string of the molecule is CC(C)C(CO)NC(=O)c1ccc(N)cc1. The van der Waals surface area contributed by atoms with E-state index in [-0.39, 0.29) is 24.5 Å². The lowest BCUT2D eigenvalue weighted by Crippen LogP contribution is -2.41. The first kappa shape index (κ1) is 12.5. The van der Waals surface area contributed by atoms with Crippen LogP contribution in [0.25, 0.3) is 0 Å². The van der Waals surface area contributed by atoms with Crippen LogP contribution in [-0.2, 0) is 0 Å². The van der Waals surface area contributed by atoms with Gasteiger partial charge in [0.05, 0.1) is 12.6 Å². The second kappa shape index (κ2) is 5.51. The van der Waals surface area contributed by atoms with Crippen molar-refractivity contribution in [2.45, 2.75) is 19.9 Å². The molecule has 0 saturated heterocycles. The lowest BCUT2D eigenvalue weighted by Gasteiger charge is -2.19. The highest BCUT2D eigenvalue weighted by molar-refractivity contribution is 5.94. The van der Waals surface area contributed by atoms with Gasteiger partial charge in [-0.05, 0) is 30.2 Å². The van der Waals surface area contributed by atoms with Crippen molar-refractivity contribution in [3.8, 4) is 0 Å². The molecule has 4 nitrogen and oxygen atoms in total. The third kappa shape index (κ3) is 3.24. The van der Waals surface area contributed by atoms with E-state index in [1.165, 1.54) is 0 Å². The Balaban J connectivity index is 2.68. The van der Waals surface area contributed by atoms with Gasteiger partial charge in [0.15, 0.2) is 0 Å². The molecule has 4 N–H and O–H groups in total. The second-order valence-corrected chi connectivity index (χ2v) is 4.13. The molecule has 0 bridgehead atoms. The molecule has 1 atom stereocenters. The predicted octanol–water partition coefficient (Wildman–Crippen LogP) is 1.02. The molecule has 0 radical (unpaired) electrons. The number of carbonyl (C=O) groups is 1.